The number of nitrogens with two attached hydrogens (primary N) is 1. The maximum atomic E-state index is 11.7. The van der Waals surface area contributed by atoms with Crippen LogP contribution in [0.3, 0.4) is 0 Å². The van der Waals surface area contributed by atoms with Crippen LogP contribution in [0, 0.1) is 0 Å². The van der Waals surface area contributed by atoms with E-state index in [0.717, 1.165) is 25.2 Å². The maximum absolute atomic E-state index is 11.7. The lowest BCUT2D eigenvalue weighted by Crippen LogP contribution is -2.27. The van der Waals surface area contributed by atoms with Gasteiger partial charge in [0.1, 0.15) is 0 Å². The second-order valence-electron chi connectivity index (χ2n) is 3.96. The minimum atomic E-state index is -3.19. The number of para-hydroxylation sites is 1. The largest absolute Gasteiger partial charge is 0.371 e. The molecule has 0 radical (unpaired) electrons. The van der Waals surface area contributed by atoms with Gasteiger partial charge in [-0.15, -0.1) is 0 Å². The van der Waals surface area contributed by atoms with E-state index in [1.807, 2.05) is 24.0 Å². The highest BCUT2D eigenvalue weighted by Gasteiger charge is 2.16. The summed E-state index contributed by atoms with van der Waals surface area (Å²) in [6, 6.07) is 7.10. The second kappa shape index (κ2) is 6.02. The standard InChI is InChI=1S/C12H20N2O2S/c1-3-14(10-6-9-13)11-7-4-5-8-12(11)17(2,15)16/h4-5,7-8H,3,6,9-10,13H2,1-2H3. The van der Waals surface area contributed by atoms with E-state index in [1.54, 1.807) is 12.1 Å². The van der Waals surface area contributed by atoms with E-state index in [9.17, 15) is 8.42 Å². The lowest BCUT2D eigenvalue weighted by atomic mass is 10.2. The van der Waals surface area contributed by atoms with Crippen LogP contribution in [0.1, 0.15) is 13.3 Å². The first kappa shape index (κ1) is 14.0. The lowest BCUT2D eigenvalue weighted by molar-refractivity contribution is 0.601. The van der Waals surface area contributed by atoms with Gasteiger partial charge in [-0.2, -0.15) is 0 Å². The van der Waals surface area contributed by atoms with Gasteiger partial charge < -0.3 is 10.6 Å². The van der Waals surface area contributed by atoms with E-state index in [0.29, 0.717) is 11.4 Å². The minimum absolute atomic E-state index is 0.388. The van der Waals surface area contributed by atoms with Crippen molar-refractivity contribution in [1.82, 2.24) is 0 Å². The van der Waals surface area contributed by atoms with Gasteiger partial charge in [0.15, 0.2) is 9.84 Å². The molecule has 96 valence electrons. The molecule has 0 amide bonds. The van der Waals surface area contributed by atoms with Crippen molar-refractivity contribution in [2.24, 2.45) is 5.73 Å². The van der Waals surface area contributed by atoms with Crippen LogP contribution in [-0.4, -0.2) is 34.3 Å². The van der Waals surface area contributed by atoms with E-state index in [-0.39, 0.29) is 0 Å². The average molecular weight is 256 g/mol. The Hall–Kier alpha value is -1.07. The van der Waals surface area contributed by atoms with Gasteiger partial charge in [0.25, 0.3) is 0 Å². The highest BCUT2D eigenvalue weighted by atomic mass is 32.2. The van der Waals surface area contributed by atoms with Crippen LogP contribution in [0.25, 0.3) is 0 Å². The number of sulfone groups is 1. The van der Waals surface area contributed by atoms with Crippen molar-refractivity contribution < 1.29 is 8.42 Å². The summed E-state index contributed by atoms with van der Waals surface area (Å²) >= 11 is 0. The van der Waals surface area contributed by atoms with Gasteiger partial charge in [-0.1, -0.05) is 12.1 Å². The molecular weight excluding hydrogens is 236 g/mol. The molecule has 0 bridgehead atoms. The van der Waals surface area contributed by atoms with E-state index >= 15 is 0 Å². The van der Waals surface area contributed by atoms with Crippen LogP contribution < -0.4 is 10.6 Å². The smallest absolute Gasteiger partial charge is 0.177 e. The zero-order valence-corrected chi connectivity index (χ0v) is 11.2. The molecule has 0 aliphatic carbocycles. The average Bonchev–Trinajstić information content (AvgIpc) is 2.29. The molecule has 1 aromatic carbocycles. The molecule has 0 saturated heterocycles. The fourth-order valence-electron chi connectivity index (χ4n) is 1.76. The molecule has 0 aliphatic rings. The number of hydrogen-bond donors (Lipinski definition) is 1. The topological polar surface area (TPSA) is 63.4 Å². The quantitative estimate of drug-likeness (QED) is 0.832. The van der Waals surface area contributed by atoms with E-state index in [4.69, 9.17) is 5.73 Å². The Kier molecular flexibility index (Phi) is 4.96. The number of benzene rings is 1. The molecule has 0 heterocycles. The number of anilines is 1. The van der Waals surface area contributed by atoms with Gasteiger partial charge in [-0.3, -0.25) is 0 Å². The van der Waals surface area contributed by atoms with Gasteiger partial charge >= 0.3 is 0 Å². The lowest BCUT2D eigenvalue weighted by Gasteiger charge is -2.24. The highest BCUT2D eigenvalue weighted by molar-refractivity contribution is 7.90. The molecule has 17 heavy (non-hydrogen) atoms. The van der Waals surface area contributed by atoms with Crippen molar-refractivity contribution in [1.29, 1.82) is 0 Å². The molecule has 0 spiro atoms. The molecule has 1 aromatic rings. The van der Waals surface area contributed by atoms with Crippen LogP contribution in [0.2, 0.25) is 0 Å². The summed E-state index contributed by atoms with van der Waals surface area (Å²) in [5, 5.41) is 0. The Morgan fingerprint density at radius 1 is 1.29 bits per heavy atom. The molecule has 0 atom stereocenters. The molecule has 0 fully saturated rings. The van der Waals surface area contributed by atoms with E-state index in [2.05, 4.69) is 0 Å². The van der Waals surface area contributed by atoms with Crippen LogP contribution in [0.5, 0.6) is 0 Å². The second-order valence-corrected chi connectivity index (χ2v) is 5.95. The Balaban J connectivity index is 3.11. The molecule has 0 saturated carbocycles. The summed E-state index contributed by atoms with van der Waals surface area (Å²) in [7, 11) is -3.19. The van der Waals surface area contributed by atoms with Crippen molar-refractivity contribution in [2.75, 3.05) is 30.8 Å². The van der Waals surface area contributed by atoms with Gasteiger partial charge in [0, 0.05) is 19.3 Å². The van der Waals surface area contributed by atoms with Gasteiger partial charge in [-0.05, 0) is 32.0 Å². The number of hydrogen-bond acceptors (Lipinski definition) is 4. The third-order valence-electron chi connectivity index (χ3n) is 2.62. The highest BCUT2D eigenvalue weighted by Crippen LogP contribution is 2.24. The first-order chi connectivity index (χ1) is 8.00. The Morgan fingerprint density at radius 2 is 1.94 bits per heavy atom. The molecule has 5 heteroatoms. The zero-order valence-electron chi connectivity index (χ0n) is 10.4. The Bertz CT molecular complexity index is 457. The fraction of sp³-hybridized carbons (Fsp3) is 0.500. The third kappa shape index (κ3) is 3.71. The predicted molar refractivity (Wildman–Crippen MR) is 71.1 cm³/mol. The Morgan fingerprint density at radius 3 is 2.47 bits per heavy atom. The van der Waals surface area contributed by atoms with Crippen molar-refractivity contribution in [2.45, 2.75) is 18.2 Å². The zero-order chi connectivity index (χ0) is 12.9. The number of nitrogens with zero attached hydrogens (tertiary/aromatic N) is 1. The minimum Gasteiger partial charge on any atom is -0.371 e. The third-order valence-corrected chi connectivity index (χ3v) is 3.76. The molecule has 0 aromatic heterocycles. The summed E-state index contributed by atoms with van der Waals surface area (Å²) in [5.41, 5.74) is 6.26. The molecule has 4 nitrogen and oxygen atoms in total. The fourth-order valence-corrected chi connectivity index (χ4v) is 2.67. The summed E-state index contributed by atoms with van der Waals surface area (Å²) in [6.45, 7) is 4.17. The van der Waals surface area contributed by atoms with Crippen molar-refractivity contribution in [3.8, 4) is 0 Å². The van der Waals surface area contributed by atoms with Crippen LogP contribution in [0.4, 0.5) is 5.69 Å². The van der Waals surface area contributed by atoms with Crippen LogP contribution >= 0.6 is 0 Å². The summed E-state index contributed by atoms with van der Waals surface area (Å²) in [4.78, 5) is 2.43. The predicted octanol–water partition coefficient (Wildman–Crippen LogP) is 1.27. The summed E-state index contributed by atoms with van der Waals surface area (Å²) in [5.74, 6) is 0. The molecule has 2 N–H and O–H groups in total. The maximum Gasteiger partial charge on any atom is 0.177 e. The van der Waals surface area contributed by atoms with Gasteiger partial charge in [0.2, 0.25) is 0 Å². The monoisotopic (exact) mass is 256 g/mol. The van der Waals surface area contributed by atoms with Crippen LogP contribution in [0.15, 0.2) is 29.2 Å². The van der Waals surface area contributed by atoms with Gasteiger partial charge in [0.05, 0.1) is 10.6 Å². The Labute approximate surface area is 103 Å². The normalized spacial score (nSPS) is 11.5. The summed E-state index contributed by atoms with van der Waals surface area (Å²) in [6.07, 6.45) is 2.09. The molecule has 0 unspecified atom stereocenters. The summed E-state index contributed by atoms with van der Waals surface area (Å²) < 4.78 is 23.4. The molecule has 1 rings (SSSR count). The van der Waals surface area contributed by atoms with Crippen LogP contribution in [-0.2, 0) is 9.84 Å². The first-order valence-corrected chi connectivity index (χ1v) is 7.64. The van der Waals surface area contributed by atoms with Crippen molar-refractivity contribution in [3.63, 3.8) is 0 Å². The van der Waals surface area contributed by atoms with E-state index in [1.165, 1.54) is 6.26 Å². The van der Waals surface area contributed by atoms with E-state index < -0.39 is 9.84 Å². The van der Waals surface area contributed by atoms with Crippen molar-refractivity contribution in [3.05, 3.63) is 24.3 Å². The first-order valence-electron chi connectivity index (χ1n) is 5.74. The SMILES string of the molecule is CCN(CCCN)c1ccccc1S(C)(=O)=O. The molecular formula is C12H20N2O2S. The van der Waals surface area contributed by atoms with Crippen molar-refractivity contribution >= 4 is 15.5 Å². The molecule has 0 aliphatic heterocycles. The van der Waals surface area contributed by atoms with Gasteiger partial charge in [-0.25, -0.2) is 8.42 Å². The number of rotatable bonds is 6.